The lowest BCUT2D eigenvalue weighted by atomic mass is 9.96. The summed E-state index contributed by atoms with van der Waals surface area (Å²) >= 11 is 3.27. The van der Waals surface area contributed by atoms with E-state index in [0.29, 0.717) is 27.8 Å². The second-order valence-corrected chi connectivity index (χ2v) is 5.10. The lowest BCUT2D eigenvalue weighted by Gasteiger charge is -2.15. The average molecular weight is 333 g/mol. The first kappa shape index (κ1) is 14.7. The maximum absolute atomic E-state index is 10.4. The first-order valence-corrected chi connectivity index (χ1v) is 6.89. The number of aliphatic hydroxyl groups is 2. The zero-order valence-electron chi connectivity index (χ0n) is 10.6. The molecular formula is C15H13BrN2O2. The fraction of sp³-hybridized carbons (Fsp3) is 0.200. The molecule has 5 heteroatoms. The van der Waals surface area contributed by atoms with Crippen LogP contribution in [-0.4, -0.2) is 21.8 Å². The van der Waals surface area contributed by atoms with Crippen LogP contribution in [0.15, 0.2) is 41.0 Å². The Morgan fingerprint density at radius 1 is 1.30 bits per heavy atom. The minimum atomic E-state index is -0.887. The molecule has 2 rings (SSSR count). The number of rotatable bonds is 4. The van der Waals surface area contributed by atoms with Crippen LogP contribution >= 0.6 is 15.9 Å². The molecular weight excluding hydrogens is 320 g/mol. The van der Waals surface area contributed by atoms with Gasteiger partial charge >= 0.3 is 0 Å². The van der Waals surface area contributed by atoms with Crippen molar-refractivity contribution in [2.45, 2.75) is 12.5 Å². The molecule has 0 amide bonds. The number of hydrogen-bond acceptors (Lipinski definition) is 4. The maximum atomic E-state index is 10.4. The molecule has 20 heavy (non-hydrogen) atoms. The van der Waals surface area contributed by atoms with Gasteiger partial charge in [-0.3, -0.25) is 0 Å². The van der Waals surface area contributed by atoms with Gasteiger partial charge in [-0.1, -0.05) is 12.1 Å². The molecule has 1 aromatic heterocycles. The zero-order chi connectivity index (χ0) is 14.5. The van der Waals surface area contributed by atoms with E-state index in [1.54, 1.807) is 36.4 Å². The summed E-state index contributed by atoms with van der Waals surface area (Å²) in [4.78, 5) is 4.23. The Balaban J connectivity index is 2.43. The summed E-state index contributed by atoms with van der Waals surface area (Å²) in [5.41, 5.74) is 2.43. The fourth-order valence-electron chi connectivity index (χ4n) is 2.01. The number of benzene rings is 1. The zero-order valence-corrected chi connectivity index (χ0v) is 12.2. The Morgan fingerprint density at radius 3 is 2.75 bits per heavy atom. The van der Waals surface area contributed by atoms with Gasteiger partial charge in [-0.25, -0.2) is 4.98 Å². The van der Waals surface area contributed by atoms with E-state index in [1.807, 2.05) is 0 Å². The van der Waals surface area contributed by atoms with E-state index in [-0.39, 0.29) is 6.61 Å². The lowest BCUT2D eigenvalue weighted by Crippen LogP contribution is -2.07. The molecule has 4 nitrogen and oxygen atoms in total. The van der Waals surface area contributed by atoms with Gasteiger partial charge in [-0.15, -0.1) is 0 Å². The summed E-state index contributed by atoms with van der Waals surface area (Å²) in [6.45, 7) is -0.0412. The van der Waals surface area contributed by atoms with Gasteiger partial charge in [0.1, 0.15) is 10.7 Å². The number of aliphatic hydroxyl groups excluding tert-OH is 2. The van der Waals surface area contributed by atoms with Crippen LogP contribution in [0.4, 0.5) is 0 Å². The molecule has 0 saturated carbocycles. The van der Waals surface area contributed by atoms with E-state index >= 15 is 0 Å². The summed E-state index contributed by atoms with van der Waals surface area (Å²) in [7, 11) is 0. The van der Waals surface area contributed by atoms with Crippen molar-refractivity contribution in [3.05, 3.63) is 63.4 Å². The van der Waals surface area contributed by atoms with Gasteiger partial charge in [-0.2, -0.15) is 5.26 Å². The molecule has 0 spiro atoms. The van der Waals surface area contributed by atoms with Crippen molar-refractivity contribution >= 4 is 15.9 Å². The van der Waals surface area contributed by atoms with Crippen molar-refractivity contribution in [1.82, 2.24) is 4.98 Å². The van der Waals surface area contributed by atoms with Crippen molar-refractivity contribution in [2.24, 2.45) is 0 Å². The molecule has 0 bridgehead atoms. The molecule has 1 unspecified atom stereocenters. The molecule has 0 radical (unpaired) electrons. The largest absolute Gasteiger partial charge is 0.396 e. The summed E-state index contributed by atoms with van der Waals surface area (Å²) in [6, 6.07) is 12.4. The van der Waals surface area contributed by atoms with Gasteiger partial charge in [-0.05, 0) is 57.7 Å². The van der Waals surface area contributed by atoms with Crippen molar-refractivity contribution in [2.75, 3.05) is 6.61 Å². The molecule has 102 valence electrons. The predicted molar refractivity (Wildman–Crippen MR) is 77.9 cm³/mol. The Bertz CT molecular complexity index is 653. The monoisotopic (exact) mass is 332 g/mol. The predicted octanol–water partition coefficient (Wildman–Crippen LogP) is 2.33. The summed E-state index contributed by atoms with van der Waals surface area (Å²) in [6.07, 6.45) is -0.502. The highest BCUT2D eigenvalue weighted by molar-refractivity contribution is 9.10. The Hall–Kier alpha value is -1.74. The van der Waals surface area contributed by atoms with E-state index in [0.717, 1.165) is 5.56 Å². The Kier molecular flexibility index (Phi) is 4.85. The van der Waals surface area contributed by atoms with Crippen LogP contribution < -0.4 is 0 Å². The molecule has 0 aliphatic carbocycles. The van der Waals surface area contributed by atoms with E-state index in [1.165, 1.54) is 0 Å². The molecule has 0 aliphatic heterocycles. The van der Waals surface area contributed by atoms with Crippen molar-refractivity contribution in [3.8, 4) is 6.07 Å². The minimum absolute atomic E-state index is 0.0412. The molecule has 0 aliphatic rings. The second-order valence-electron chi connectivity index (χ2n) is 4.29. The normalized spacial score (nSPS) is 11.9. The Morgan fingerprint density at radius 2 is 2.10 bits per heavy atom. The van der Waals surface area contributed by atoms with E-state index in [4.69, 9.17) is 10.4 Å². The minimum Gasteiger partial charge on any atom is -0.396 e. The Labute approximate surface area is 125 Å². The van der Waals surface area contributed by atoms with Gasteiger partial charge < -0.3 is 10.2 Å². The maximum Gasteiger partial charge on any atom is 0.121 e. The van der Waals surface area contributed by atoms with Gasteiger partial charge in [0, 0.05) is 6.61 Å². The number of aromatic nitrogens is 1. The molecule has 1 heterocycles. The number of hydrogen-bond donors (Lipinski definition) is 2. The van der Waals surface area contributed by atoms with Crippen LogP contribution in [0.2, 0.25) is 0 Å². The average Bonchev–Trinajstić information content (AvgIpc) is 2.47. The molecule has 2 aromatic rings. The smallest absolute Gasteiger partial charge is 0.121 e. The SMILES string of the molecule is N#Cc1ccc(C(O)c2cccc(Br)n2)c(CCO)c1. The first-order valence-electron chi connectivity index (χ1n) is 6.10. The van der Waals surface area contributed by atoms with Crippen LogP contribution in [0.5, 0.6) is 0 Å². The first-order chi connectivity index (χ1) is 9.65. The third-order valence-electron chi connectivity index (χ3n) is 2.96. The summed E-state index contributed by atoms with van der Waals surface area (Å²) < 4.78 is 0.645. The molecule has 2 N–H and O–H groups in total. The van der Waals surface area contributed by atoms with Gasteiger partial charge in [0.25, 0.3) is 0 Å². The molecule has 1 aromatic carbocycles. The van der Waals surface area contributed by atoms with Crippen molar-refractivity contribution < 1.29 is 10.2 Å². The lowest BCUT2D eigenvalue weighted by molar-refractivity contribution is 0.213. The van der Waals surface area contributed by atoms with E-state index in [9.17, 15) is 5.11 Å². The van der Waals surface area contributed by atoms with E-state index < -0.39 is 6.10 Å². The van der Waals surface area contributed by atoms with Crippen LogP contribution in [0.25, 0.3) is 0 Å². The quantitative estimate of drug-likeness (QED) is 0.842. The molecule has 0 fully saturated rings. The highest BCUT2D eigenvalue weighted by Crippen LogP contribution is 2.26. The highest BCUT2D eigenvalue weighted by Gasteiger charge is 2.16. The number of nitrogens with zero attached hydrogens (tertiary/aromatic N) is 2. The second kappa shape index (κ2) is 6.62. The van der Waals surface area contributed by atoms with E-state index in [2.05, 4.69) is 27.0 Å². The third-order valence-corrected chi connectivity index (χ3v) is 3.41. The number of halogens is 1. The number of nitriles is 1. The van der Waals surface area contributed by atoms with Gasteiger partial charge in [0.2, 0.25) is 0 Å². The van der Waals surface area contributed by atoms with Crippen molar-refractivity contribution in [3.63, 3.8) is 0 Å². The van der Waals surface area contributed by atoms with Gasteiger partial charge in [0.15, 0.2) is 0 Å². The molecule has 0 saturated heterocycles. The third kappa shape index (κ3) is 3.23. The van der Waals surface area contributed by atoms with Crippen LogP contribution in [0.1, 0.15) is 28.5 Å². The van der Waals surface area contributed by atoms with Crippen molar-refractivity contribution in [1.29, 1.82) is 5.26 Å². The highest BCUT2D eigenvalue weighted by atomic mass is 79.9. The van der Waals surface area contributed by atoms with Crippen LogP contribution in [0.3, 0.4) is 0 Å². The summed E-state index contributed by atoms with van der Waals surface area (Å²) in [5, 5.41) is 28.5. The van der Waals surface area contributed by atoms with Gasteiger partial charge in [0.05, 0.1) is 17.3 Å². The summed E-state index contributed by atoms with van der Waals surface area (Å²) in [5.74, 6) is 0. The van der Waals surface area contributed by atoms with Crippen LogP contribution in [0, 0.1) is 11.3 Å². The number of pyridine rings is 1. The van der Waals surface area contributed by atoms with Crippen LogP contribution in [-0.2, 0) is 6.42 Å². The molecule has 1 atom stereocenters. The standard InChI is InChI=1S/C15H13BrN2O2/c16-14-3-1-2-13(18-14)15(20)12-5-4-10(9-17)8-11(12)6-7-19/h1-5,8,15,19-20H,6-7H2. The topological polar surface area (TPSA) is 77.1 Å². The fourth-order valence-corrected chi connectivity index (χ4v) is 2.37.